The summed E-state index contributed by atoms with van der Waals surface area (Å²) in [6.45, 7) is 0. The fourth-order valence-electron chi connectivity index (χ4n) is 0.957. The molecule has 0 radical (unpaired) electrons. The zero-order valence-electron chi connectivity index (χ0n) is 6.97. The van der Waals surface area contributed by atoms with Gasteiger partial charge in [-0.1, -0.05) is 0 Å². The standard InChI is InChI=1S/C8H9BrN2O2/c1-13-7-4(8(10)11)2-3-5(12)6(7)9/h2-3,12H,1H3,(H3,10,11). The van der Waals surface area contributed by atoms with Crippen LogP contribution in [0.2, 0.25) is 0 Å². The van der Waals surface area contributed by atoms with Gasteiger partial charge in [-0.15, -0.1) is 0 Å². The maximum atomic E-state index is 9.30. The maximum Gasteiger partial charge on any atom is 0.147 e. The molecule has 0 bridgehead atoms. The van der Waals surface area contributed by atoms with E-state index in [9.17, 15) is 5.11 Å². The third-order valence-electron chi connectivity index (χ3n) is 1.57. The first kappa shape index (κ1) is 9.85. The Morgan fingerprint density at radius 3 is 2.69 bits per heavy atom. The van der Waals surface area contributed by atoms with Crippen molar-refractivity contribution < 1.29 is 9.84 Å². The average molecular weight is 245 g/mol. The molecule has 0 saturated heterocycles. The van der Waals surface area contributed by atoms with Crippen molar-refractivity contribution in [3.05, 3.63) is 22.2 Å². The molecule has 0 aromatic heterocycles. The fourth-order valence-corrected chi connectivity index (χ4v) is 1.46. The molecule has 0 aliphatic rings. The molecule has 0 aliphatic carbocycles. The Labute approximate surface area is 84.0 Å². The molecule has 0 atom stereocenters. The molecule has 0 saturated carbocycles. The van der Waals surface area contributed by atoms with E-state index >= 15 is 0 Å². The number of hydrogen-bond donors (Lipinski definition) is 3. The minimum atomic E-state index is -0.0995. The van der Waals surface area contributed by atoms with Gasteiger partial charge in [0.05, 0.1) is 12.7 Å². The average Bonchev–Trinajstić information content (AvgIpc) is 2.09. The van der Waals surface area contributed by atoms with Gasteiger partial charge in [0.25, 0.3) is 0 Å². The molecule has 0 amide bonds. The number of phenols is 1. The first-order chi connectivity index (χ1) is 6.07. The van der Waals surface area contributed by atoms with Crippen molar-refractivity contribution in [3.63, 3.8) is 0 Å². The summed E-state index contributed by atoms with van der Waals surface area (Å²) in [6, 6.07) is 2.98. The predicted octanol–water partition coefficient (Wildman–Crippen LogP) is 1.45. The molecule has 4 N–H and O–H groups in total. The second-order valence-corrected chi connectivity index (χ2v) is 3.19. The van der Waals surface area contributed by atoms with E-state index in [1.54, 1.807) is 0 Å². The topological polar surface area (TPSA) is 79.3 Å². The number of nitrogens with one attached hydrogen (secondary N) is 1. The van der Waals surface area contributed by atoms with Gasteiger partial charge in [0.1, 0.15) is 21.8 Å². The number of ether oxygens (including phenoxy) is 1. The van der Waals surface area contributed by atoms with Gasteiger partial charge in [-0.2, -0.15) is 0 Å². The van der Waals surface area contributed by atoms with Crippen molar-refractivity contribution in [2.45, 2.75) is 0 Å². The molecular weight excluding hydrogens is 236 g/mol. The molecule has 70 valence electrons. The summed E-state index contributed by atoms with van der Waals surface area (Å²) in [5, 5.41) is 16.5. The number of benzene rings is 1. The Bertz CT molecular complexity index is 352. The Kier molecular flexibility index (Phi) is 2.77. The number of halogens is 1. The molecule has 1 aromatic rings. The first-order valence-electron chi connectivity index (χ1n) is 3.47. The SMILES string of the molecule is COc1c(C(=N)N)ccc(O)c1Br. The van der Waals surface area contributed by atoms with Crippen LogP contribution in [0.4, 0.5) is 0 Å². The lowest BCUT2D eigenvalue weighted by molar-refractivity contribution is 0.402. The van der Waals surface area contributed by atoms with E-state index in [-0.39, 0.29) is 11.6 Å². The van der Waals surface area contributed by atoms with E-state index in [1.807, 2.05) is 0 Å². The number of nitrogens with two attached hydrogens (primary N) is 1. The zero-order chi connectivity index (χ0) is 10.0. The molecule has 1 rings (SSSR count). The van der Waals surface area contributed by atoms with E-state index in [1.165, 1.54) is 19.2 Å². The van der Waals surface area contributed by atoms with E-state index in [0.717, 1.165) is 0 Å². The summed E-state index contributed by atoms with van der Waals surface area (Å²) in [5.41, 5.74) is 5.76. The molecule has 0 aliphatic heterocycles. The van der Waals surface area contributed by atoms with Gasteiger partial charge in [-0.3, -0.25) is 5.41 Å². The Morgan fingerprint density at radius 2 is 2.23 bits per heavy atom. The van der Waals surface area contributed by atoms with Crippen LogP contribution < -0.4 is 10.5 Å². The van der Waals surface area contributed by atoms with Gasteiger partial charge < -0.3 is 15.6 Å². The summed E-state index contributed by atoms with van der Waals surface area (Å²) in [6.07, 6.45) is 0. The van der Waals surface area contributed by atoms with Crippen molar-refractivity contribution in [2.24, 2.45) is 5.73 Å². The monoisotopic (exact) mass is 244 g/mol. The molecule has 0 unspecified atom stereocenters. The quantitative estimate of drug-likeness (QED) is 0.545. The Hall–Kier alpha value is -1.23. The van der Waals surface area contributed by atoms with E-state index in [0.29, 0.717) is 15.8 Å². The molecule has 0 heterocycles. The summed E-state index contributed by atoms with van der Waals surface area (Å²) >= 11 is 3.13. The highest BCUT2D eigenvalue weighted by atomic mass is 79.9. The zero-order valence-corrected chi connectivity index (χ0v) is 8.55. The van der Waals surface area contributed by atoms with Crippen LogP contribution in [0.5, 0.6) is 11.5 Å². The summed E-state index contributed by atoms with van der Waals surface area (Å²) < 4.78 is 5.40. The van der Waals surface area contributed by atoms with E-state index in [4.69, 9.17) is 15.9 Å². The van der Waals surface area contributed by atoms with Gasteiger partial charge in [-0.25, -0.2) is 0 Å². The van der Waals surface area contributed by atoms with Crippen molar-refractivity contribution in [1.82, 2.24) is 0 Å². The Balaban J connectivity index is 3.38. The maximum absolute atomic E-state index is 9.30. The lowest BCUT2D eigenvalue weighted by atomic mass is 10.2. The molecule has 4 nitrogen and oxygen atoms in total. The highest BCUT2D eigenvalue weighted by Gasteiger charge is 2.12. The Morgan fingerprint density at radius 1 is 1.62 bits per heavy atom. The van der Waals surface area contributed by atoms with Crippen molar-refractivity contribution in [3.8, 4) is 11.5 Å². The smallest absolute Gasteiger partial charge is 0.147 e. The number of nitrogen functional groups attached to an aromatic ring is 1. The normalized spacial score (nSPS) is 9.69. The van der Waals surface area contributed by atoms with Gasteiger partial charge in [0.2, 0.25) is 0 Å². The number of amidine groups is 1. The molecule has 5 heteroatoms. The predicted molar refractivity (Wildman–Crippen MR) is 53.4 cm³/mol. The van der Waals surface area contributed by atoms with E-state index < -0.39 is 0 Å². The first-order valence-corrected chi connectivity index (χ1v) is 4.27. The van der Waals surface area contributed by atoms with Crippen LogP contribution in [0.3, 0.4) is 0 Å². The minimum Gasteiger partial charge on any atom is -0.507 e. The van der Waals surface area contributed by atoms with Gasteiger partial charge in [-0.05, 0) is 28.1 Å². The number of methoxy groups -OCH3 is 1. The van der Waals surface area contributed by atoms with Crippen LogP contribution in [0.1, 0.15) is 5.56 Å². The largest absolute Gasteiger partial charge is 0.507 e. The number of phenolic OH excluding ortho intramolecular Hbond substituents is 1. The van der Waals surface area contributed by atoms with Crippen molar-refractivity contribution in [2.75, 3.05) is 7.11 Å². The van der Waals surface area contributed by atoms with E-state index in [2.05, 4.69) is 15.9 Å². The van der Waals surface area contributed by atoms with Crippen LogP contribution in [0, 0.1) is 5.41 Å². The van der Waals surface area contributed by atoms with Gasteiger partial charge in [0, 0.05) is 0 Å². The highest BCUT2D eigenvalue weighted by molar-refractivity contribution is 9.10. The third kappa shape index (κ3) is 1.75. The third-order valence-corrected chi connectivity index (χ3v) is 2.34. The molecule has 0 fully saturated rings. The van der Waals surface area contributed by atoms with Gasteiger partial charge in [0.15, 0.2) is 0 Å². The van der Waals surface area contributed by atoms with Crippen LogP contribution in [-0.2, 0) is 0 Å². The number of hydrogen-bond acceptors (Lipinski definition) is 3. The van der Waals surface area contributed by atoms with Crippen molar-refractivity contribution in [1.29, 1.82) is 5.41 Å². The molecular formula is C8H9BrN2O2. The molecule has 13 heavy (non-hydrogen) atoms. The molecule has 1 aromatic carbocycles. The van der Waals surface area contributed by atoms with Crippen LogP contribution in [0.25, 0.3) is 0 Å². The highest BCUT2D eigenvalue weighted by Crippen LogP contribution is 2.35. The minimum absolute atomic E-state index is 0.0573. The second kappa shape index (κ2) is 3.66. The van der Waals surface area contributed by atoms with Crippen LogP contribution in [-0.4, -0.2) is 18.1 Å². The fraction of sp³-hybridized carbons (Fsp3) is 0.125. The van der Waals surface area contributed by atoms with Crippen LogP contribution in [0.15, 0.2) is 16.6 Å². The summed E-state index contributed by atoms with van der Waals surface area (Å²) in [5.74, 6) is 0.326. The summed E-state index contributed by atoms with van der Waals surface area (Å²) in [7, 11) is 1.45. The molecule has 0 spiro atoms. The van der Waals surface area contributed by atoms with Gasteiger partial charge >= 0.3 is 0 Å². The number of aromatic hydroxyl groups is 1. The number of rotatable bonds is 2. The van der Waals surface area contributed by atoms with Crippen molar-refractivity contribution >= 4 is 21.8 Å². The second-order valence-electron chi connectivity index (χ2n) is 2.39. The van der Waals surface area contributed by atoms with Crippen LogP contribution >= 0.6 is 15.9 Å². The summed E-state index contributed by atoms with van der Waals surface area (Å²) in [4.78, 5) is 0. The lowest BCUT2D eigenvalue weighted by Crippen LogP contribution is -2.12. The lowest BCUT2D eigenvalue weighted by Gasteiger charge is -2.09.